The fraction of sp³-hybridized carbons (Fsp3) is 1.00. The van der Waals surface area contributed by atoms with Crippen molar-refractivity contribution in [2.24, 2.45) is 35.5 Å². The molecular formula is C21H36O3. The summed E-state index contributed by atoms with van der Waals surface area (Å²) in [6.07, 6.45) is 11.4. The largest absolute Gasteiger partial charge is 0.370 e. The van der Waals surface area contributed by atoms with Crippen LogP contribution in [-0.4, -0.2) is 30.2 Å². The van der Waals surface area contributed by atoms with Gasteiger partial charge in [-0.25, -0.2) is 0 Å². The van der Waals surface area contributed by atoms with E-state index < -0.39 is 11.9 Å². The van der Waals surface area contributed by atoms with E-state index in [1.165, 1.54) is 51.4 Å². The normalized spacial score (nSPS) is 51.9. The quantitative estimate of drug-likeness (QED) is 0.831. The van der Waals surface area contributed by atoms with Gasteiger partial charge in [0, 0.05) is 6.42 Å². The average molecular weight is 337 g/mol. The van der Waals surface area contributed by atoms with Gasteiger partial charge in [0.25, 0.3) is 0 Å². The molecule has 0 spiro atoms. The molecule has 0 aromatic carbocycles. The van der Waals surface area contributed by atoms with E-state index in [0.29, 0.717) is 12.5 Å². The van der Waals surface area contributed by atoms with Crippen molar-refractivity contribution in [2.45, 2.75) is 83.5 Å². The summed E-state index contributed by atoms with van der Waals surface area (Å²) in [4.78, 5) is 0. The highest BCUT2D eigenvalue weighted by Gasteiger charge is 2.50. The van der Waals surface area contributed by atoms with Crippen molar-refractivity contribution in [3.63, 3.8) is 0 Å². The first-order valence-electron chi connectivity index (χ1n) is 10.5. The molecule has 4 aliphatic rings. The molecule has 0 aromatic heterocycles. The average Bonchev–Trinajstić information content (AvgIpc) is 2.94. The fourth-order valence-corrected chi connectivity index (χ4v) is 6.73. The van der Waals surface area contributed by atoms with E-state index >= 15 is 0 Å². The van der Waals surface area contributed by atoms with E-state index in [1.807, 2.05) is 6.92 Å². The molecule has 4 fully saturated rings. The van der Waals surface area contributed by atoms with Crippen LogP contribution in [0.1, 0.15) is 71.6 Å². The molecule has 1 N–H and O–H groups in total. The maximum atomic E-state index is 10.1. The van der Waals surface area contributed by atoms with Crippen LogP contribution in [0, 0.1) is 35.5 Å². The molecule has 1 aliphatic heterocycles. The second-order valence-electron chi connectivity index (χ2n) is 9.34. The lowest BCUT2D eigenvalue weighted by atomic mass is 9.51. The Morgan fingerprint density at radius 2 is 1.50 bits per heavy atom. The summed E-state index contributed by atoms with van der Waals surface area (Å²) < 4.78 is 11.8. The molecule has 3 nitrogen and oxygen atoms in total. The van der Waals surface area contributed by atoms with Gasteiger partial charge < -0.3 is 14.6 Å². The lowest BCUT2D eigenvalue weighted by molar-refractivity contribution is -0.193. The maximum absolute atomic E-state index is 10.1. The van der Waals surface area contributed by atoms with E-state index in [0.717, 1.165) is 42.6 Å². The highest BCUT2D eigenvalue weighted by molar-refractivity contribution is 4.98. The van der Waals surface area contributed by atoms with Gasteiger partial charge in [-0.1, -0.05) is 32.6 Å². The van der Waals surface area contributed by atoms with Crippen LogP contribution in [0.25, 0.3) is 0 Å². The van der Waals surface area contributed by atoms with Crippen molar-refractivity contribution in [2.75, 3.05) is 13.2 Å². The Morgan fingerprint density at radius 3 is 2.00 bits per heavy atom. The van der Waals surface area contributed by atoms with Gasteiger partial charge in [-0.15, -0.1) is 0 Å². The minimum atomic E-state index is -0.746. The third-order valence-corrected chi connectivity index (χ3v) is 8.20. The van der Waals surface area contributed by atoms with Crippen molar-refractivity contribution in [1.82, 2.24) is 0 Å². The molecule has 0 amide bonds. The molecule has 3 saturated carbocycles. The zero-order chi connectivity index (χ0) is 16.7. The molecule has 4 rings (SSSR count). The van der Waals surface area contributed by atoms with Crippen LogP contribution < -0.4 is 0 Å². The topological polar surface area (TPSA) is 38.7 Å². The summed E-state index contributed by atoms with van der Waals surface area (Å²) in [7, 11) is 0. The van der Waals surface area contributed by atoms with E-state index in [2.05, 4.69) is 6.92 Å². The first kappa shape index (κ1) is 17.3. The van der Waals surface area contributed by atoms with Gasteiger partial charge in [0.2, 0.25) is 0 Å². The summed E-state index contributed by atoms with van der Waals surface area (Å²) >= 11 is 0. The summed E-state index contributed by atoms with van der Waals surface area (Å²) in [5, 5.41) is 10.1. The highest BCUT2D eigenvalue weighted by Crippen LogP contribution is 2.56. The van der Waals surface area contributed by atoms with E-state index in [9.17, 15) is 5.11 Å². The van der Waals surface area contributed by atoms with Crippen molar-refractivity contribution in [3.8, 4) is 0 Å². The second-order valence-corrected chi connectivity index (χ2v) is 9.34. The van der Waals surface area contributed by atoms with Gasteiger partial charge >= 0.3 is 0 Å². The zero-order valence-electron chi connectivity index (χ0n) is 15.6. The summed E-state index contributed by atoms with van der Waals surface area (Å²) in [5.41, 5.74) is -0.489. The Labute approximate surface area is 147 Å². The lowest BCUT2D eigenvalue weighted by Gasteiger charge is -2.55. The number of rotatable bonds is 3. The number of hydrogen-bond acceptors (Lipinski definition) is 3. The second kappa shape index (κ2) is 6.89. The number of aliphatic hydroxyl groups is 1. The SMILES string of the molecule is CC1C2CCCCC2C(COC2(C)CCOC2O)C2CCCCC12. The third-order valence-electron chi connectivity index (χ3n) is 8.20. The Kier molecular flexibility index (Phi) is 4.96. The van der Waals surface area contributed by atoms with Crippen molar-refractivity contribution < 1.29 is 14.6 Å². The highest BCUT2D eigenvalue weighted by atomic mass is 16.6. The molecule has 24 heavy (non-hydrogen) atoms. The van der Waals surface area contributed by atoms with Gasteiger partial charge in [-0.05, 0) is 68.1 Å². The number of fused-ring (bicyclic) bond motifs is 2. The molecule has 1 saturated heterocycles. The van der Waals surface area contributed by atoms with Crippen LogP contribution in [0.3, 0.4) is 0 Å². The van der Waals surface area contributed by atoms with Crippen LogP contribution in [0.2, 0.25) is 0 Å². The Morgan fingerprint density at radius 1 is 0.958 bits per heavy atom. The predicted molar refractivity (Wildman–Crippen MR) is 94.5 cm³/mol. The van der Waals surface area contributed by atoms with Gasteiger partial charge in [0.1, 0.15) is 5.60 Å². The molecule has 6 atom stereocenters. The monoisotopic (exact) mass is 336 g/mol. The minimum Gasteiger partial charge on any atom is -0.370 e. The predicted octanol–water partition coefficient (Wildman–Crippen LogP) is 4.38. The molecule has 3 aliphatic carbocycles. The fourth-order valence-electron chi connectivity index (χ4n) is 6.73. The Balaban J connectivity index is 1.51. The van der Waals surface area contributed by atoms with Crippen LogP contribution in [-0.2, 0) is 9.47 Å². The molecule has 3 heteroatoms. The number of hydrogen-bond donors (Lipinski definition) is 1. The summed E-state index contributed by atoms with van der Waals surface area (Å²) in [6, 6.07) is 0. The Bertz CT molecular complexity index is 415. The third kappa shape index (κ3) is 2.95. The minimum absolute atomic E-state index is 0.489. The van der Waals surface area contributed by atoms with Gasteiger partial charge in [-0.3, -0.25) is 0 Å². The van der Waals surface area contributed by atoms with Gasteiger partial charge in [-0.2, -0.15) is 0 Å². The molecule has 6 unspecified atom stereocenters. The van der Waals surface area contributed by atoms with Crippen molar-refractivity contribution in [1.29, 1.82) is 0 Å². The number of aliphatic hydroxyl groups excluding tert-OH is 1. The van der Waals surface area contributed by atoms with Gasteiger partial charge in [0.05, 0.1) is 13.2 Å². The smallest absolute Gasteiger partial charge is 0.183 e. The summed E-state index contributed by atoms with van der Waals surface area (Å²) in [6.45, 7) is 6.05. The first-order chi connectivity index (χ1) is 11.6. The van der Waals surface area contributed by atoms with E-state index in [-0.39, 0.29) is 0 Å². The Hall–Kier alpha value is -0.120. The van der Waals surface area contributed by atoms with Gasteiger partial charge in [0.15, 0.2) is 6.29 Å². The number of ether oxygens (including phenoxy) is 2. The van der Waals surface area contributed by atoms with E-state index in [4.69, 9.17) is 9.47 Å². The van der Waals surface area contributed by atoms with Crippen LogP contribution >= 0.6 is 0 Å². The van der Waals surface area contributed by atoms with Crippen LogP contribution in [0.4, 0.5) is 0 Å². The zero-order valence-corrected chi connectivity index (χ0v) is 15.6. The first-order valence-corrected chi connectivity index (χ1v) is 10.5. The maximum Gasteiger partial charge on any atom is 0.183 e. The van der Waals surface area contributed by atoms with Crippen LogP contribution in [0.5, 0.6) is 0 Å². The molecule has 1 heterocycles. The molecule has 138 valence electrons. The molecule has 0 bridgehead atoms. The summed E-state index contributed by atoms with van der Waals surface area (Å²) in [5.74, 6) is 5.18. The van der Waals surface area contributed by atoms with Crippen molar-refractivity contribution in [3.05, 3.63) is 0 Å². The lowest BCUT2D eigenvalue weighted by Crippen LogP contribution is -2.50. The van der Waals surface area contributed by atoms with E-state index in [1.54, 1.807) is 0 Å². The van der Waals surface area contributed by atoms with Crippen molar-refractivity contribution >= 4 is 0 Å². The van der Waals surface area contributed by atoms with Crippen LogP contribution in [0.15, 0.2) is 0 Å². The molecule has 0 aromatic rings. The molecular weight excluding hydrogens is 300 g/mol. The molecule has 0 radical (unpaired) electrons. The standard InChI is InChI=1S/C21H36O3/c1-14-15-7-3-5-9-17(15)19(18-10-6-4-8-16(14)18)13-24-21(2)11-12-23-20(21)22/h14-20,22H,3-13H2,1-2H3.